The van der Waals surface area contributed by atoms with Gasteiger partial charge in [0, 0.05) is 33.2 Å². The predicted octanol–water partition coefficient (Wildman–Crippen LogP) is 3.63. The largest absolute Gasteiger partial charge is 0.365 e. The van der Waals surface area contributed by atoms with Gasteiger partial charge >= 0.3 is 0 Å². The first-order chi connectivity index (χ1) is 8.11. The molecule has 1 fully saturated rings. The van der Waals surface area contributed by atoms with Gasteiger partial charge in [-0.3, -0.25) is 0 Å². The van der Waals surface area contributed by atoms with Crippen LogP contribution in [0.3, 0.4) is 0 Å². The molecular weight excluding hydrogens is 391 g/mol. The molecule has 1 aliphatic rings. The molecule has 0 bridgehead atoms. The second-order valence-corrected chi connectivity index (χ2v) is 6.69. The average Bonchev–Trinajstić information content (AvgIpc) is 2.33. The van der Waals surface area contributed by atoms with Crippen molar-refractivity contribution in [3.05, 3.63) is 26.2 Å². The first kappa shape index (κ1) is 13.6. The third kappa shape index (κ3) is 3.15. The summed E-state index contributed by atoms with van der Waals surface area (Å²) >= 11 is 6.00. The molecule has 0 radical (unpaired) electrons. The van der Waals surface area contributed by atoms with Crippen molar-refractivity contribution in [2.45, 2.75) is 32.4 Å². The quantitative estimate of drug-likeness (QED) is 0.751. The molecule has 2 atom stereocenters. The smallest absolute Gasteiger partial charge is 0.0516 e. The van der Waals surface area contributed by atoms with Gasteiger partial charge in [-0.15, -0.1) is 0 Å². The molecule has 0 aromatic heterocycles. The summed E-state index contributed by atoms with van der Waals surface area (Å²) in [6, 6.07) is 7.68. The van der Waals surface area contributed by atoms with Gasteiger partial charge < -0.3 is 10.2 Å². The van der Waals surface area contributed by atoms with Gasteiger partial charge in [0.05, 0.1) is 5.69 Å². The van der Waals surface area contributed by atoms with Crippen LogP contribution in [0.2, 0.25) is 0 Å². The van der Waals surface area contributed by atoms with Gasteiger partial charge in [0.1, 0.15) is 0 Å². The van der Waals surface area contributed by atoms with E-state index in [2.05, 4.69) is 80.8 Å². The number of anilines is 1. The highest BCUT2D eigenvalue weighted by Gasteiger charge is 2.25. The topological polar surface area (TPSA) is 15.3 Å². The average molecular weight is 409 g/mol. The van der Waals surface area contributed by atoms with E-state index in [1.807, 2.05) is 0 Å². The summed E-state index contributed by atoms with van der Waals surface area (Å²) in [7, 11) is 0. The Morgan fingerprint density at radius 1 is 1.53 bits per heavy atom. The van der Waals surface area contributed by atoms with E-state index in [0.717, 1.165) is 17.6 Å². The van der Waals surface area contributed by atoms with E-state index in [-0.39, 0.29) is 0 Å². The molecular formula is C13H18BrIN2. The van der Waals surface area contributed by atoms with Crippen LogP contribution < -0.4 is 10.2 Å². The minimum absolute atomic E-state index is 0.556. The van der Waals surface area contributed by atoms with Crippen molar-refractivity contribution in [1.29, 1.82) is 0 Å². The SMILES string of the molecule is CCC1CN(c2cc(Br)ccc2I)C(C)CN1. The molecule has 0 amide bonds. The van der Waals surface area contributed by atoms with Crippen molar-refractivity contribution in [2.75, 3.05) is 18.0 Å². The molecule has 1 heterocycles. The van der Waals surface area contributed by atoms with Crippen LogP contribution in [0.1, 0.15) is 20.3 Å². The first-order valence-corrected chi connectivity index (χ1v) is 7.94. The van der Waals surface area contributed by atoms with Gasteiger partial charge in [0.25, 0.3) is 0 Å². The summed E-state index contributed by atoms with van der Waals surface area (Å²) in [5.41, 5.74) is 1.35. The molecule has 1 N–H and O–H groups in total. The van der Waals surface area contributed by atoms with Gasteiger partial charge in [-0.1, -0.05) is 22.9 Å². The molecule has 94 valence electrons. The van der Waals surface area contributed by atoms with Gasteiger partial charge in [0.15, 0.2) is 0 Å². The minimum atomic E-state index is 0.556. The fourth-order valence-electron chi connectivity index (χ4n) is 2.24. The normalized spacial score (nSPS) is 25.1. The van der Waals surface area contributed by atoms with E-state index in [4.69, 9.17) is 0 Å². The molecule has 1 saturated heterocycles. The highest BCUT2D eigenvalue weighted by Crippen LogP contribution is 2.29. The van der Waals surface area contributed by atoms with E-state index in [1.165, 1.54) is 15.7 Å². The Morgan fingerprint density at radius 2 is 2.29 bits per heavy atom. The number of rotatable bonds is 2. The number of hydrogen-bond acceptors (Lipinski definition) is 2. The number of hydrogen-bond donors (Lipinski definition) is 1. The molecule has 0 aliphatic carbocycles. The zero-order chi connectivity index (χ0) is 12.4. The Bertz CT molecular complexity index is 397. The summed E-state index contributed by atoms with van der Waals surface area (Å²) in [4.78, 5) is 2.52. The van der Waals surface area contributed by atoms with Crippen LogP contribution >= 0.6 is 38.5 Å². The lowest BCUT2D eigenvalue weighted by molar-refractivity contribution is 0.397. The van der Waals surface area contributed by atoms with Crippen LogP contribution in [0.15, 0.2) is 22.7 Å². The van der Waals surface area contributed by atoms with Crippen LogP contribution in [-0.2, 0) is 0 Å². The summed E-state index contributed by atoms with van der Waals surface area (Å²) in [6.45, 7) is 6.71. The van der Waals surface area contributed by atoms with E-state index in [9.17, 15) is 0 Å². The Morgan fingerprint density at radius 3 is 3.00 bits per heavy atom. The van der Waals surface area contributed by atoms with Crippen molar-refractivity contribution in [3.63, 3.8) is 0 Å². The molecule has 2 nitrogen and oxygen atoms in total. The van der Waals surface area contributed by atoms with Crippen LogP contribution in [0.4, 0.5) is 5.69 Å². The summed E-state index contributed by atoms with van der Waals surface area (Å²) in [5.74, 6) is 0. The maximum atomic E-state index is 3.60. The Balaban J connectivity index is 2.27. The lowest BCUT2D eigenvalue weighted by Crippen LogP contribution is -2.55. The lowest BCUT2D eigenvalue weighted by atomic mass is 10.1. The second-order valence-electron chi connectivity index (χ2n) is 4.61. The van der Waals surface area contributed by atoms with Gasteiger partial charge in [-0.05, 0) is 54.1 Å². The molecule has 1 aliphatic heterocycles. The zero-order valence-corrected chi connectivity index (χ0v) is 14.0. The molecule has 2 unspecified atom stereocenters. The van der Waals surface area contributed by atoms with Gasteiger partial charge in [0.2, 0.25) is 0 Å². The Labute approximate surface area is 125 Å². The van der Waals surface area contributed by atoms with E-state index in [1.54, 1.807) is 0 Å². The van der Waals surface area contributed by atoms with Crippen molar-refractivity contribution in [3.8, 4) is 0 Å². The molecule has 0 saturated carbocycles. The summed E-state index contributed by atoms with van der Waals surface area (Å²) in [5, 5.41) is 3.60. The predicted molar refractivity (Wildman–Crippen MR) is 85.7 cm³/mol. The molecule has 2 rings (SSSR count). The third-order valence-electron chi connectivity index (χ3n) is 3.36. The maximum absolute atomic E-state index is 3.60. The number of benzene rings is 1. The van der Waals surface area contributed by atoms with Crippen LogP contribution in [0.5, 0.6) is 0 Å². The van der Waals surface area contributed by atoms with Crippen molar-refractivity contribution in [2.24, 2.45) is 0 Å². The Hall–Kier alpha value is 0.190. The maximum Gasteiger partial charge on any atom is 0.0516 e. The van der Waals surface area contributed by atoms with Crippen molar-refractivity contribution in [1.82, 2.24) is 5.32 Å². The minimum Gasteiger partial charge on any atom is -0.365 e. The highest BCUT2D eigenvalue weighted by atomic mass is 127. The first-order valence-electron chi connectivity index (χ1n) is 6.07. The van der Waals surface area contributed by atoms with Gasteiger partial charge in [-0.2, -0.15) is 0 Å². The van der Waals surface area contributed by atoms with Gasteiger partial charge in [-0.25, -0.2) is 0 Å². The summed E-state index contributed by atoms with van der Waals surface area (Å²) < 4.78 is 2.49. The van der Waals surface area contributed by atoms with Crippen LogP contribution in [0, 0.1) is 3.57 Å². The molecule has 0 spiro atoms. The molecule has 17 heavy (non-hydrogen) atoms. The van der Waals surface area contributed by atoms with Crippen molar-refractivity contribution < 1.29 is 0 Å². The van der Waals surface area contributed by atoms with Crippen molar-refractivity contribution >= 4 is 44.2 Å². The lowest BCUT2D eigenvalue weighted by Gasteiger charge is -2.40. The molecule has 4 heteroatoms. The monoisotopic (exact) mass is 408 g/mol. The standard InChI is InChI=1S/C13H18BrIN2/c1-3-11-8-17(9(2)7-16-11)13-6-10(14)4-5-12(13)15/h4-6,9,11,16H,3,7-8H2,1-2H3. The van der Waals surface area contributed by atoms with E-state index in [0.29, 0.717) is 12.1 Å². The molecule has 1 aromatic rings. The summed E-state index contributed by atoms with van der Waals surface area (Å²) in [6.07, 6.45) is 1.19. The highest BCUT2D eigenvalue weighted by molar-refractivity contribution is 14.1. The van der Waals surface area contributed by atoms with E-state index < -0.39 is 0 Å². The fraction of sp³-hybridized carbons (Fsp3) is 0.538. The van der Waals surface area contributed by atoms with Crippen LogP contribution in [0.25, 0.3) is 0 Å². The number of nitrogens with one attached hydrogen (secondary N) is 1. The zero-order valence-electron chi connectivity index (χ0n) is 10.2. The van der Waals surface area contributed by atoms with E-state index >= 15 is 0 Å². The van der Waals surface area contributed by atoms with Crippen LogP contribution in [-0.4, -0.2) is 25.2 Å². The Kier molecular flexibility index (Phi) is 4.72. The number of halogens is 2. The number of piperazine rings is 1. The second kappa shape index (κ2) is 5.89. The number of nitrogens with zero attached hydrogens (tertiary/aromatic N) is 1. The third-order valence-corrected chi connectivity index (χ3v) is 4.77. The molecule has 1 aromatic carbocycles. The fourth-order valence-corrected chi connectivity index (χ4v) is 3.24.